The standard InChI is InChI=1S/C45H55N9O12S/c1-25(2)19-34(45(65)66)51-44(64)39(35-13-8-18-67-35)52-43(63)33(23-38(58)59)50-41(61)31(21-36(55)54-16-14-53(15-17-54)27-9-4-3-5-10-27)49-42(62)32(22-37(56)57)48-40(60)29(46)20-26-24-47-30-12-7-6-11-28(26)30/h3-13,18,24-25,29,31-34,39,47H,14-17,19-23,46H2,1-2H3,(H,48,60)(H,49,62)(H,50,61)(H,51,64)(H,52,63)(H,56,57)(H,58,59)(H,65,66). The van der Waals surface area contributed by atoms with Gasteiger partial charge in [0.1, 0.15) is 30.2 Å². The summed E-state index contributed by atoms with van der Waals surface area (Å²) >= 11 is 1.03. The van der Waals surface area contributed by atoms with Crippen molar-refractivity contribution in [2.75, 3.05) is 31.1 Å². The predicted octanol–water partition coefficient (Wildman–Crippen LogP) is 0.715. The number of carboxylic acid groups (broad SMARTS) is 3. The Hall–Kier alpha value is -7.33. The van der Waals surface area contributed by atoms with Crippen LogP contribution in [-0.4, -0.2) is 135 Å². The molecule has 6 unspecified atom stereocenters. The Labute approximate surface area is 388 Å². The SMILES string of the molecule is CC(C)CC(NC(=O)C(NC(=O)C(CC(=O)O)NC(=O)C(CC(=O)N1CCN(c2ccccc2)CC1)NC(=O)C(CC(=O)O)NC(=O)C(N)Cc1c[nH]c2ccccc12)c1cccs1)C(=O)O. The number of nitrogens with zero attached hydrogens (tertiary/aromatic N) is 2. The van der Waals surface area contributed by atoms with Gasteiger partial charge < -0.3 is 62.4 Å². The molecular weight excluding hydrogens is 891 g/mol. The average molecular weight is 946 g/mol. The van der Waals surface area contributed by atoms with Crippen LogP contribution in [0.15, 0.2) is 78.3 Å². The van der Waals surface area contributed by atoms with Crippen LogP contribution < -0.4 is 37.2 Å². The molecule has 0 bridgehead atoms. The molecular formula is C45H55N9O12S. The third-order valence-electron chi connectivity index (χ3n) is 10.9. The van der Waals surface area contributed by atoms with Crippen molar-refractivity contribution in [1.29, 1.82) is 0 Å². The van der Waals surface area contributed by atoms with Crippen LogP contribution in [0.5, 0.6) is 0 Å². The summed E-state index contributed by atoms with van der Waals surface area (Å²) in [6.07, 6.45) is -1.06. The van der Waals surface area contributed by atoms with Crippen LogP contribution >= 0.6 is 11.3 Å². The van der Waals surface area contributed by atoms with Gasteiger partial charge in [-0.15, -0.1) is 11.3 Å². The van der Waals surface area contributed by atoms with E-state index in [2.05, 4.69) is 31.6 Å². The minimum Gasteiger partial charge on any atom is -0.481 e. The second-order valence-corrected chi connectivity index (χ2v) is 17.4. The Morgan fingerprint density at radius 2 is 1.21 bits per heavy atom. The molecule has 3 heterocycles. The van der Waals surface area contributed by atoms with Crippen LogP contribution in [0.4, 0.5) is 5.69 Å². The van der Waals surface area contributed by atoms with Crippen molar-refractivity contribution in [3.63, 3.8) is 0 Å². The van der Waals surface area contributed by atoms with Gasteiger partial charge in [0.05, 0.1) is 25.3 Å². The Bertz CT molecular complexity index is 2400. The van der Waals surface area contributed by atoms with Gasteiger partial charge in [-0.25, -0.2) is 4.79 Å². The maximum Gasteiger partial charge on any atom is 0.326 e. The van der Waals surface area contributed by atoms with Gasteiger partial charge in [0.15, 0.2) is 0 Å². The molecule has 6 amide bonds. The summed E-state index contributed by atoms with van der Waals surface area (Å²) in [6, 6.07) is 9.95. The summed E-state index contributed by atoms with van der Waals surface area (Å²) in [5.41, 5.74) is 8.61. The van der Waals surface area contributed by atoms with Crippen LogP contribution in [0, 0.1) is 5.92 Å². The van der Waals surface area contributed by atoms with E-state index >= 15 is 0 Å². The molecule has 4 aromatic rings. The maximum atomic E-state index is 14.2. The zero-order chi connectivity index (χ0) is 48.8. The Morgan fingerprint density at radius 3 is 1.78 bits per heavy atom. The van der Waals surface area contributed by atoms with Gasteiger partial charge in [0.25, 0.3) is 0 Å². The number of anilines is 1. The molecule has 2 aromatic carbocycles. The number of nitrogens with one attached hydrogen (secondary N) is 6. The van der Waals surface area contributed by atoms with E-state index in [1.54, 1.807) is 37.6 Å². The maximum absolute atomic E-state index is 14.2. The molecule has 358 valence electrons. The number of fused-ring (bicyclic) bond motifs is 1. The number of piperazine rings is 1. The van der Waals surface area contributed by atoms with Crippen LogP contribution in [0.2, 0.25) is 0 Å². The number of carbonyl (C=O) groups excluding carboxylic acids is 6. The summed E-state index contributed by atoms with van der Waals surface area (Å²) in [5.74, 6) is -10.6. The smallest absolute Gasteiger partial charge is 0.326 e. The molecule has 2 aromatic heterocycles. The molecule has 0 saturated carbocycles. The summed E-state index contributed by atoms with van der Waals surface area (Å²) in [5, 5.41) is 43.5. The van der Waals surface area contributed by atoms with Crippen molar-refractivity contribution in [3.8, 4) is 0 Å². The molecule has 1 aliphatic heterocycles. The second kappa shape index (κ2) is 23.7. The molecule has 0 aliphatic carbocycles. The van der Waals surface area contributed by atoms with Gasteiger partial charge in [-0.05, 0) is 54.0 Å². The van der Waals surface area contributed by atoms with E-state index in [0.29, 0.717) is 18.7 Å². The molecule has 0 radical (unpaired) electrons. The summed E-state index contributed by atoms with van der Waals surface area (Å²) in [7, 11) is 0. The number of carbonyl (C=O) groups is 9. The summed E-state index contributed by atoms with van der Waals surface area (Å²) in [4.78, 5) is 126. The number of hydrogen-bond donors (Lipinski definition) is 10. The van der Waals surface area contributed by atoms with Crippen LogP contribution in [-0.2, 0) is 49.6 Å². The quantitative estimate of drug-likeness (QED) is 0.0490. The molecule has 67 heavy (non-hydrogen) atoms. The van der Waals surface area contributed by atoms with Crippen molar-refractivity contribution in [2.45, 2.75) is 82.2 Å². The van der Waals surface area contributed by atoms with Crippen molar-refractivity contribution in [1.82, 2.24) is 36.5 Å². The van der Waals surface area contributed by atoms with Crippen LogP contribution in [0.3, 0.4) is 0 Å². The van der Waals surface area contributed by atoms with Gasteiger partial charge in [0.2, 0.25) is 35.4 Å². The van der Waals surface area contributed by atoms with E-state index < -0.39 is 109 Å². The highest BCUT2D eigenvalue weighted by Gasteiger charge is 2.37. The highest BCUT2D eigenvalue weighted by molar-refractivity contribution is 7.10. The minimum absolute atomic E-state index is 0.00551. The topological polar surface area (TPSA) is 323 Å². The van der Waals surface area contributed by atoms with Gasteiger partial charge in [0, 0.05) is 53.8 Å². The first-order valence-electron chi connectivity index (χ1n) is 21.5. The third kappa shape index (κ3) is 14.6. The molecule has 1 aliphatic rings. The largest absolute Gasteiger partial charge is 0.481 e. The normalized spacial score (nSPS) is 15.3. The Morgan fingerprint density at radius 1 is 0.657 bits per heavy atom. The number of aliphatic carboxylic acids is 3. The molecule has 22 heteroatoms. The lowest BCUT2D eigenvalue weighted by atomic mass is 10.0. The van der Waals surface area contributed by atoms with Crippen LogP contribution in [0.25, 0.3) is 10.9 Å². The van der Waals surface area contributed by atoms with E-state index in [-0.39, 0.29) is 36.7 Å². The first-order chi connectivity index (χ1) is 31.9. The third-order valence-corrected chi connectivity index (χ3v) is 11.9. The number of carboxylic acids is 3. The number of thiophene rings is 1. The minimum atomic E-state index is -1.94. The first-order valence-corrected chi connectivity index (χ1v) is 22.4. The number of aromatic nitrogens is 1. The number of rotatable bonds is 23. The van der Waals surface area contributed by atoms with Gasteiger partial charge >= 0.3 is 17.9 Å². The van der Waals surface area contributed by atoms with E-state index in [1.165, 1.54) is 11.0 Å². The van der Waals surface area contributed by atoms with Crippen molar-refractivity contribution in [2.24, 2.45) is 11.7 Å². The fraction of sp³-hybridized carbons (Fsp3) is 0.400. The molecule has 21 nitrogen and oxygen atoms in total. The van der Waals surface area contributed by atoms with Crippen molar-refractivity contribution in [3.05, 3.63) is 88.7 Å². The molecule has 1 fully saturated rings. The Balaban J connectivity index is 1.37. The number of amides is 6. The predicted molar refractivity (Wildman–Crippen MR) is 244 cm³/mol. The zero-order valence-electron chi connectivity index (χ0n) is 36.8. The molecule has 11 N–H and O–H groups in total. The highest BCUT2D eigenvalue weighted by atomic mass is 32.1. The average Bonchev–Trinajstić information content (AvgIpc) is 3.98. The van der Waals surface area contributed by atoms with E-state index in [0.717, 1.165) is 27.9 Å². The van der Waals surface area contributed by atoms with E-state index in [4.69, 9.17) is 5.73 Å². The first kappa shape index (κ1) is 50.7. The lowest BCUT2D eigenvalue weighted by molar-refractivity contribution is -0.144. The summed E-state index contributed by atoms with van der Waals surface area (Å²) in [6.45, 7) is 4.74. The van der Waals surface area contributed by atoms with Gasteiger partial charge in [-0.2, -0.15) is 0 Å². The number of para-hydroxylation sites is 2. The highest BCUT2D eigenvalue weighted by Crippen LogP contribution is 2.22. The number of nitrogens with two attached hydrogens (primary N) is 1. The molecule has 5 rings (SSSR count). The monoisotopic (exact) mass is 945 g/mol. The van der Waals surface area contributed by atoms with Crippen molar-refractivity contribution >= 4 is 81.3 Å². The van der Waals surface area contributed by atoms with E-state index in [1.807, 2.05) is 53.4 Å². The lowest BCUT2D eigenvalue weighted by Crippen LogP contribution is -2.60. The Kier molecular flexibility index (Phi) is 17.9. The second-order valence-electron chi connectivity index (χ2n) is 16.4. The van der Waals surface area contributed by atoms with E-state index in [9.17, 15) is 58.5 Å². The number of H-pyrrole nitrogens is 1. The summed E-state index contributed by atoms with van der Waals surface area (Å²) < 4.78 is 0. The van der Waals surface area contributed by atoms with Gasteiger partial charge in [-0.3, -0.25) is 38.4 Å². The number of hydrogen-bond acceptors (Lipinski definition) is 12. The fourth-order valence-electron chi connectivity index (χ4n) is 7.50. The molecule has 1 saturated heterocycles. The zero-order valence-corrected chi connectivity index (χ0v) is 37.6. The fourth-order valence-corrected chi connectivity index (χ4v) is 8.27. The van der Waals surface area contributed by atoms with Crippen molar-refractivity contribution < 1.29 is 58.5 Å². The molecule has 6 atom stereocenters. The lowest BCUT2D eigenvalue weighted by Gasteiger charge is -2.36. The number of benzene rings is 2. The molecule has 0 spiro atoms. The van der Waals surface area contributed by atoms with Crippen LogP contribution in [0.1, 0.15) is 56.0 Å². The van der Waals surface area contributed by atoms with Gasteiger partial charge in [-0.1, -0.05) is 56.3 Å². The number of aromatic amines is 1.